The van der Waals surface area contributed by atoms with Gasteiger partial charge in [0.05, 0.1) is 6.61 Å². The van der Waals surface area contributed by atoms with E-state index in [4.69, 9.17) is 0 Å². The third-order valence-corrected chi connectivity index (χ3v) is 0.508. The van der Waals surface area contributed by atoms with Crippen molar-refractivity contribution in [1.82, 2.24) is 0 Å². The Labute approximate surface area is 42.8 Å². The van der Waals surface area contributed by atoms with Crippen LogP contribution in [0.1, 0.15) is 6.42 Å². The van der Waals surface area contributed by atoms with Crippen molar-refractivity contribution in [2.45, 2.75) is 6.42 Å². The molecule has 0 heterocycles. The zero-order valence-electron chi connectivity index (χ0n) is 4.09. The number of carbonyl (C=O) groups is 1. The highest BCUT2D eigenvalue weighted by molar-refractivity contribution is 5.36. The monoisotopic (exact) mass is 100 g/mol. The average Bonchev–Trinajstić information content (AvgIpc) is 1.69. The first kappa shape index (κ1) is 6.21. The van der Waals surface area contributed by atoms with Crippen LogP contribution in [0.3, 0.4) is 0 Å². The maximum Gasteiger partial charge on any atom is 0.293 e. The summed E-state index contributed by atoms with van der Waals surface area (Å²) in [6.07, 6.45) is 2.43. The van der Waals surface area contributed by atoms with Crippen LogP contribution >= 0.6 is 0 Å². The van der Waals surface area contributed by atoms with Gasteiger partial charge in [-0.05, 0) is 6.42 Å². The van der Waals surface area contributed by atoms with Crippen LogP contribution in [0.15, 0.2) is 12.7 Å². The molecule has 0 aromatic carbocycles. The summed E-state index contributed by atoms with van der Waals surface area (Å²) in [6.45, 7) is 4.32. The molecule has 0 unspecified atom stereocenters. The minimum atomic E-state index is 0.434. The van der Waals surface area contributed by atoms with Crippen molar-refractivity contribution in [3.8, 4) is 0 Å². The minimum absolute atomic E-state index is 0.434. The van der Waals surface area contributed by atoms with Gasteiger partial charge in [-0.25, -0.2) is 0 Å². The van der Waals surface area contributed by atoms with E-state index in [-0.39, 0.29) is 0 Å². The topological polar surface area (TPSA) is 26.3 Å². The van der Waals surface area contributed by atoms with Gasteiger partial charge < -0.3 is 4.74 Å². The molecule has 0 aliphatic carbocycles. The maximum atomic E-state index is 9.42. The molecule has 0 saturated carbocycles. The normalized spacial score (nSPS) is 7.43. The lowest BCUT2D eigenvalue weighted by Gasteiger charge is -1.88. The second kappa shape index (κ2) is 5.21. The van der Waals surface area contributed by atoms with E-state index in [0.29, 0.717) is 13.1 Å². The van der Waals surface area contributed by atoms with Gasteiger partial charge >= 0.3 is 0 Å². The zero-order chi connectivity index (χ0) is 5.54. The Kier molecular flexibility index (Phi) is 4.62. The highest BCUT2D eigenvalue weighted by Crippen LogP contribution is 1.77. The molecule has 0 aromatic heterocycles. The van der Waals surface area contributed by atoms with Gasteiger partial charge in [-0.15, -0.1) is 6.58 Å². The minimum Gasteiger partial charge on any atom is -0.468 e. The molecule has 2 heteroatoms. The van der Waals surface area contributed by atoms with Gasteiger partial charge in [0.15, 0.2) is 0 Å². The van der Waals surface area contributed by atoms with Crippen LogP contribution < -0.4 is 0 Å². The van der Waals surface area contributed by atoms with E-state index in [1.807, 2.05) is 0 Å². The molecule has 2 nitrogen and oxygen atoms in total. The predicted octanol–water partition coefficient (Wildman–Crippen LogP) is 0.736. The van der Waals surface area contributed by atoms with Gasteiger partial charge in [-0.2, -0.15) is 0 Å². The third kappa shape index (κ3) is 5.21. The van der Waals surface area contributed by atoms with Crippen LogP contribution in [0.25, 0.3) is 0 Å². The fourth-order valence-electron chi connectivity index (χ4n) is 0.199. The molecule has 0 radical (unpaired) electrons. The van der Waals surface area contributed by atoms with Gasteiger partial charge in [0.25, 0.3) is 6.47 Å². The summed E-state index contributed by atoms with van der Waals surface area (Å²) in [5.41, 5.74) is 0. The molecule has 0 N–H and O–H groups in total. The summed E-state index contributed by atoms with van der Waals surface area (Å²) in [7, 11) is 0. The molecule has 0 aliphatic heterocycles. The van der Waals surface area contributed by atoms with Crippen LogP contribution in [-0.4, -0.2) is 13.1 Å². The lowest BCUT2D eigenvalue weighted by Crippen LogP contribution is -1.87. The summed E-state index contributed by atoms with van der Waals surface area (Å²) in [6, 6.07) is 0. The van der Waals surface area contributed by atoms with Crippen molar-refractivity contribution in [2.75, 3.05) is 6.61 Å². The standard InChI is InChI=1S/C5H8O2/c1-2-3-4-7-5-6/h2,5H,1,3-4H2. The molecule has 0 fully saturated rings. The van der Waals surface area contributed by atoms with Crippen molar-refractivity contribution in [2.24, 2.45) is 0 Å². The Balaban J connectivity index is 2.68. The van der Waals surface area contributed by atoms with E-state index >= 15 is 0 Å². The van der Waals surface area contributed by atoms with Gasteiger partial charge in [0.1, 0.15) is 0 Å². The molecule has 0 atom stereocenters. The quantitative estimate of drug-likeness (QED) is 0.296. The van der Waals surface area contributed by atoms with E-state index < -0.39 is 0 Å². The average molecular weight is 100 g/mol. The maximum absolute atomic E-state index is 9.42. The number of hydrogen-bond acceptors (Lipinski definition) is 2. The van der Waals surface area contributed by atoms with Gasteiger partial charge in [0.2, 0.25) is 0 Å². The molecule has 0 aromatic rings. The molecule has 0 aliphatic rings. The van der Waals surface area contributed by atoms with Crippen molar-refractivity contribution in [1.29, 1.82) is 0 Å². The molecular weight excluding hydrogens is 92.1 g/mol. The van der Waals surface area contributed by atoms with Crippen LogP contribution in [0.4, 0.5) is 0 Å². The Morgan fingerprint density at radius 1 is 1.71 bits per heavy atom. The number of rotatable bonds is 4. The number of hydrogen-bond donors (Lipinski definition) is 0. The third-order valence-electron chi connectivity index (χ3n) is 0.508. The predicted molar refractivity (Wildman–Crippen MR) is 26.8 cm³/mol. The van der Waals surface area contributed by atoms with Crippen LogP contribution in [0.2, 0.25) is 0 Å². The first-order valence-electron chi connectivity index (χ1n) is 2.08. The molecule has 0 amide bonds. The number of carbonyl (C=O) groups excluding carboxylic acids is 1. The van der Waals surface area contributed by atoms with Crippen molar-refractivity contribution >= 4 is 6.47 Å². The van der Waals surface area contributed by atoms with Gasteiger partial charge in [-0.1, -0.05) is 6.08 Å². The summed E-state index contributed by atoms with van der Waals surface area (Å²) < 4.78 is 4.32. The first-order chi connectivity index (χ1) is 3.41. The highest BCUT2D eigenvalue weighted by Gasteiger charge is 1.74. The lowest BCUT2D eigenvalue weighted by molar-refractivity contribution is -0.128. The Morgan fingerprint density at radius 3 is 2.86 bits per heavy atom. The smallest absolute Gasteiger partial charge is 0.293 e. The second-order valence-electron chi connectivity index (χ2n) is 1.04. The fourth-order valence-corrected chi connectivity index (χ4v) is 0.199. The Bertz CT molecular complexity index is 51.1. The number of ether oxygens (including phenoxy) is 1. The molecule has 0 rings (SSSR count). The first-order valence-corrected chi connectivity index (χ1v) is 2.08. The SMILES string of the molecule is C=CCCOC=O. The molecular formula is C5H8O2. The van der Waals surface area contributed by atoms with E-state index in [9.17, 15) is 4.79 Å². The van der Waals surface area contributed by atoms with Crippen LogP contribution in [0, 0.1) is 0 Å². The van der Waals surface area contributed by atoms with Crippen LogP contribution in [-0.2, 0) is 9.53 Å². The zero-order valence-corrected chi connectivity index (χ0v) is 4.09. The second-order valence-corrected chi connectivity index (χ2v) is 1.04. The summed E-state index contributed by atoms with van der Waals surface area (Å²) in [4.78, 5) is 9.42. The molecule has 0 bridgehead atoms. The summed E-state index contributed by atoms with van der Waals surface area (Å²) in [5.74, 6) is 0. The molecule has 40 valence electrons. The van der Waals surface area contributed by atoms with Crippen molar-refractivity contribution in [3.05, 3.63) is 12.7 Å². The summed E-state index contributed by atoms with van der Waals surface area (Å²) in [5, 5.41) is 0. The highest BCUT2D eigenvalue weighted by atomic mass is 16.5. The van der Waals surface area contributed by atoms with Gasteiger partial charge in [0, 0.05) is 0 Å². The lowest BCUT2D eigenvalue weighted by atomic mass is 10.5. The van der Waals surface area contributed by atoms with E-state index in [1.54, 1.807) is 6.08 Å². The fraction of sp³-hybridized carbons (Fsp3) is 0.400. The largest absolute Gasteiger partial charge is 0.468 e. The molecule has 0 spiro atoms. The van der Waals surface area contributed by atoms with E-state index in [0.717, 1.165) is 6.42 Å². The molecule has 7 heavy (non-hydrogen) atoms. The Hall–Kier alpha value is -0.790. The van der Waals surface area contributed by atoms with Crippen molar-refractivity contribution < 1.29 is 9.53 Å². The van der Waals surface area contributed by atoms with Gasteiger partial charge in [-0.3, -0.25) is 4.79 Å². The summed E-state index contributed by atoms with van der Waals surface area (Å²) >= 11 is 0. The van der Waals surface area contributed by atoms with E-state index in [2.05, 4.69) is 11.3 Å². The van der Waals surface area contributed by atoms with Crippen molar-refractivity contribution in [3.63, 3.8) is 0 Å². The Morgan fingerprint density at radius 2 is 2.43 bits per heavy atom. The molecule has 0 saturated heterocycles. The van der Waals surface area contributed by atoms with E-state index in [1.165, 1.54) is 0 Å². The van der Waals surface area contributed by atoms with Crippen LogP contribution in [0.5, 0.6) is 0 Å².